The molecule has 1 aromatic rings. The van der Waals surface area contributed by atoms with Crippen LogP contribution in [-0.2, 0) is 4.74 Å². The van der Waals surface area contributed by atoms with Crippen LogP contribution in [0.5, 0.6) is 0 Å². The monoisotopic (exact) mass is 275 g/mol. The Bertz CT molecular complexity index is 448. The van der Waals surface area contributed by atoms with Crippen molar-refractivity contribution >= 4 is 0 Å². The summed E-state index contributed by atoms with van der Waals surface area (Å²) in [4.78, 5) is 0. The molecule has 110 valence electrons. The van der Waals surface area contributed by atoms with Crippen LogP contribution >= 0.6 is 0 Å². The van der Waals surface area contributed by atoms with Gasteiger partial charge in [0.1, 0.15) is 0 Å². The van der Waals surface area contributed by atoms with Crippen molar-refractivity contribution in [1.82, 2.24) is 5.32 Å². The number of hydrogen-bond acceptors (Lipinski definition) is 3. The Balaban J connectivity index is 1.46. The Labute approximate surface area is 121 Å². The van der Waals surface area contributed by atoms with Gasteiger partial charge in [-0.25, -0.2) is 0 Å². The molecule has 3 heteroatoms. The number of rotatable bonds is 4. The van der Waals surface area contributed by atoms with Gasteiger partial charge in [0.2, 0.25) is 0 Å². The average molecular weight is 275 g/mol. The van der Waals surface area contributed by atoms with Crippen LogP contribution in [0.25, 0.3) is 0 Å². The minimum absolute atomic E-state index is 0.550. The first kappa shape index (κ1) is 14.1. The fourth-order valence-electron chi connectivity index (χ4n) is 3.35. The summed E-state index contributed by atoms with van der Waals surface area (Å²) in [5.74, 6) is 0.693. The van der Waals surface area contributed by atoms with E-state index in [0.717, 1.165) is 12.8 Å². The fourth-order valence-corrected chi connectivity index (χ4v) is 3.35. The van der Waals surface area contributed by atoms with Crippen LogP contribution in [0.3, 0.4) is 0 Å². The second kappa shape index (κ2) is 5.84. The van der Waals surface area contributed by atoms with Gasteiger partial charge in [-0.2, -0.15) is 0 Å². The molecule has 1 aliphatic heterocycles. The summed E-state index contributed by atoms with van der Waals surface area (Å²) in [6.45, 7) is 4.28. The molecule has 20 heavy (non-hydrogen) atoms. The van der Waals surface area contributed by atoms with E-state index in [1.807, 2.05) is 0 Å². The van der Waals surface area contributed by atoms with E-state index < -0.39 is 5.60 Å². The van der Waals surface area contributed by atoms with Crippen molar-refractivity contribution in [2.24, 2.45) is 0 Å². The van der Waals surface area contributed by atoms with Crippen LogP contribution in [-0.4, -0.2) is 36.5 Å². The molecular formula is C17H25NO2. The maximum Gasteiger partial charge on any atom is 0.0815 e. The number of aliphatic hydroxyl groups is 1. The molecule has 2 aliphatic rings. The van der Waals surface area contributed by atoms with Crippen molar-refractivity contribution in [2.75, 3.05) is 19.8 Å². The van der Waals surface area contributed by atoms with Crippen LogP contribution in [0.4, 0.5) is 0 Å². The molecule has 1 heterocycles. The van der Waals surface area contributed by atoms with Crippen LogP contribution < -0.4 is 5.32 Å². The van der Waals surface area contributed by atoms with Crippen molar-refractivity contribution in [2.45, 2.75) is 50.2 Å². The zero-order valence-corrected chi connectivity index (χ0v) is 12.3. The van der Waals surface area contributed by atoms with Gasteiger partial charge >= 0.3 is 0 Å². The van der Waals surface area contributed by atoms with E-state index in [1.54, 1.807) is 0 Å². The molecule has 0 spiro atoms. The van der Waals surface area contributed by atoms with E-state index in [-0.39, 0.29) is 0 Å². The lowest BCUT2D eigenvalue weighted by molar-refractivity contribution is -0.0641. The van der Waals surface area contributed by atoms with Gasteiger partial charge in [-0.05, 0) is 36.8 Å². The fraction of sp³-hybridized carbons (Fsp3) is 0.647. The smallest absolute Gasteiger partial charge is 0.0815 e. The van der Waals surface area contributed by atoms with Crippen molar-refractivity contribution in [3.8, 4) is 0 Å². The van der Waals surface area contributed by atoms with Gasteiger partial charge in [-0.15, -0.1) is 0 Å². The Morgan fingerprint density at radius 3 is 2.65 bits per heavy atom. The molecule has 3 nitrogen and oxygen atoms in total. The summed E-state index contributed by atoms with van der Waals surface area (Å²) >= 11 is 0. The summed E-state index contributed by atoms with van der Waals surface area (Å²) in [5, 5.41) is 14.0. The first-order valence-electron chi connectivity index (χ1n) is 7.75. The second-order valence-corrected chi connectivity index (χ2v) is 6.44. The van der Waals surface area contributed by atoms with E-state index >= 15 is 0 Å². The van der Waals surface area contributed by atoms with Gasteiger partial charge in [0.25, 0.3) is 0 Å². The van der Waals surface area contributed by atoms with Crippen molar-refractivity contribution in [3.63, 3.8) is 0 Å². The molecule has 3 rings (SSSR count). The predicted molar refractivity (Wildman–Crippen MR) is 79.9 cm³/mol. The SMILES string of the molecule is Cc1ccccc1C1CC(NCC2(O)CCOCC2)C1. The number of nitrogens with one attached hydrogen (secondary N) is 1. The minimum atomic E-state index is -0.550. The maximum atomic E-state index is 10.4. The lowest BCUT2D eigenvalue weighted by Crippen LogP contribution is -2.50. The number of hydrogen-bond donors (Lipinski definition) is 2. The van der Waals surface area contributed by atoms with E-state index in [0.29, 0.717) is 31.7 Å². The maximum absolute atomic E-state index is 10.4. The molecule has 0 unspecified atom stereocenters. The predicted octanol–water partition coefficient (Wildman–Crippen LogP) is 2.37. The molecule has 1 aromatic carbocycles. The molecule has 2 fully saturated rings. The molecule has 0 bridgehead atoms. The Morgan fingerprint density at radius 2 is 1.95 bits per heavy atom. The number of ether oxygens (including phenoxy) is 1. The quantitative estimate of drug-likeness (QED) is 0.886. The zero-order valence-electron chi connectivity index (χ0n) is 12.3. The van der Waals surface area contributed by atoms with Crippen LogP contribution in [0.2, 0.25) is 0 Å². The van der Waals surface area contributed by atoms with Gasteiger partial charge in [-0.3, -0.25) is 0 Å². The van der Waals surface area contributed by atoms with E-state index in [2.05, 4.69) is 36.5 Å². The standard InChI is InChI=1S/C17H25NO2/c1-13-4-2-3-5-16(13)14-10-15(11-14)18-12-17(19)6-8-20-9-7-17/h2-5,14-15,18-19H,6-12H2,1H3. The first-order chi connectivity index (χ1) is 9.66. The van der Waals surface area contributed by atoms with Crippen LogP contribution in [0, 0.1) is 6.92 Å². The highest BCUT2D eigenvalue weighted by molar-refractivity contribution is 5.31. The molecule has 1 saturated heterocycles. The van der Waals surface area contributed by atoms with Crippen LogP contribution in [0.15, 0.2) is 24.3 Å². The van der Waals surface area contributed by atoms with Gasteiger partial charge in [-0.1, -0.05) is 24.3 Å². The molecule has 1 saturated carbocycles. The molecule has 2 N–H and O–H groups in total. The largest absolute Gasteiger partial charge is 0.388 e. The molecule has 0 atom stereocenters. The van der Waals surface area contributed by atoms with Gasteiger partial charge in [0, 0.05) is 38.6 Å². The topological polar surface area (TPSA) is 41.5 Å². The lowest BCUT2D eigenvalue weighted by atomic mass is 9.74. The van der Waals surface area contributed by atoms with Gasteiger partial charge in [0.15, 0.2) is 0 Å². The molecular weight excluding hydrogens is 250 g/mol. The molecule has 0 amide bonds. The highest BCUT2D eigenvalue weighted by Gasteiger charge is 2.34. The third-order valence-corrected chi connectivity index (χ3v) is 4.91. The van der Waals surface area contributed by atoms with E-state index in [9.17, 15) is 5.11 Å². The summed E-state index contributed by atoms with van der Waals surface area (Å²) < 4.78 is 5.31. The highest BCUT2D eigenvalue weighted by Crippen LogP contribution is 2.38. The summed E-state index contributed by atoms with van der Waals surface area (Å²) in [7, 11) is 0. The van der Waals surface area contributed by atoms with Crippen molar-refractivity contribution < 1.29 is 9.84 Å². The lowest BCUT2D eigenvalue weighted by Gasteiger charge is -2.40. The van der Waals surface area contributed by atoms with E-state index in [4.69, 9.17) is 4.74 Å². The molecule has 0 radical (unpaired) electrons. The van der Waals surface area contributed by atoms with E-state index in [1.165, 1.54) is 24.0 Å². The number of aryl methyl sites for hydroxylation is 1. The number of benzene rings is 1. The average Bonchev–Trinajstić information content (AvgIpc) is 2.39. The Morgan fingerprint density at radius 1 is 1.25 bits per heavy atom. The Hall–Kier alpha value is -0.900. The first-order valence-corrected chi connectivity index (χ1v) is 7.75. The van der Waals surface area contributed by atoms with Crippen LogP contribution in [0.1, 0.15) is 42.7 Å². The normalized spacial score (nSPS) is 28.9. The van der Waals surface area contributed by atoms with Crippen molar-refractivity contribution in [3.05, 3.63) is 35.4 Å². The Kier molecular flexibility index (Phi) is 4.11. The van der Waals surface area contributed by atoms with Gasteiger partial charge < -0.3 is 15.2 Å². The molecule has 1 aliphatic carbocycles. The summed E-state index contributed by atoms with van der Waals surface area (Å²) in [6, 6.07) is 9.25. The summed E-state index contributed by atoms with van der Waals surface area (Å²) in [5.41, 5.74) is 2.35. The highest BCUT2D eigenvalue weighted by atomic mass is 16.5. The third-order valence-electron chi connectivity index (χ3n) is 4.91. The second-order valence-electron chi connectivity index (χ2n) is 6.44. The summed E-state index contributed by atoms with van der Waals surface area (Å²) in [6.07, 6.45) is 3.90. The molecule has 0 aromatic heterocycles. The zero-order chi connectivity index (χ0) is 14.0. The van der Waals surface area contributed by atoms with Gasteiger partial charge in [0.05, 0.1) is 5.60 Å². The third kappa shape index (κ3) is 3.05. The minimum Gasteiger partial charge on any atom is -0.388 e. The van der Waals surface area contributed by atoms with Crippen molar-refractivity contribution in [1.29, 1.82) is 0 Å².